The predicted octanol–water partition coefficient (Wildman–Crippen LogP) is 3.71. The smallest absolute Gasteiger partial charge is 0.201 e. The van der Waals surface area contributed by atoms with E-state index in [-0.39, 0.29) is 5.78 Å². The van der Waals surface area contributed by atoms with Crippen LogP contribution in [0.4, 0.5) is 0 Å². The molecule has 0 radical (unpaired) electrons. The van der Waals surface area contributed by atoms with Crippen LogP contribution in [0.3, 0.4) is 0 Å². The lowest BCUT2D eigenvalue weighted by molar-refractivity contribution is 0.103. The minimum atomic E-state index is -0.199. The Balaban J connectivity index is 2.59. The van der Waals surface area contributed by atoms with Crippen LogP contribution in [0.5, 0.6) is 17.2 Å². The number of carbonyl (C=O) groups excluding carboxylic acids is 1. The van der Waals surface area contributed by atoms with E-state index in [0.29, 0.717) is 32.8 Å². The van der Waals surface area contributed by atoms with Crippen molar-refractivity contribution in [2.24, 2.45) is 0 Å². The SMILES string of the molecule is COc1ccc(Br)c(C(=O)c2c(OC)cccc2OC)c1. The quantitative estimate of drug-likeness (QED) is 0.771. The van der Waals surface area contributed by atoms with Gasteiger partial charge >= 0.3 is 0 Å². The number of hydrogen-bond donors (Lipinski definition) is 0. The normalized spacial score (nSPS) is 10.1. The number of hydrogen-bond acceptors (Lipinski definition) is 4. The summed E-state index contributed by atoms with van der Waals surface area (Å²) in [6, 6.07) is 10.5. The van der Waals surface area contributed by atoms with E-state index in [9.17, 15) is 4.79 Å². The molecule has 0 aliphatic heterocycles. The van der Waals surface area contributed by atoms with Crippen LogP contribution in [-0.4, -0.2) is 27.1 Å². The molecule has 0 amide bonds. The lowest BCUT2D eigenvalue weighted by Crippen LogP contribution is -2.07. The Labute approximate surface area is 131 Å². The van der Waals surface area contributed by atoms with Gasteiger partial charge in [0.05, 0.1) is 21.3 Å². The van der Waals surface area contributed by atoms with Gasteiger partial charge in [-0.2, -0.15) is 0 Å². The van der Waals surface area contributed by atoms with Gasteiger partial charge in [0.1, 0.15) is 22.8 Å². The zero-order valence-corrected chi connectivity index (χ0v) is 13.6. The molecule has 0 unspecified atom stereocenters. The van der Waals surface area contributed by atoms with Crippen LogP contribution in [-0.2, 0) is 0 Å². The Morgan fingerprint density at radius 1 is 0.952 bits per heavy atom. The number of halogens is 1. The van der Waals surface area contributed by atoms with E-state index in [1.807, 2.05) is 0 Å². The van der Waals surface area contributed by atoms with Gasteiger partial charge in [-0.05, 0) is 30.3 Å². The van der Waals surface area contributed by atoms with Gasteiger partial charge < -0.3 is 14.2 Å². The van der Waals surface area contributed by atoms with Gasteiger partial charge in [-0.15, -0.1) is 0 Å². The first-order chi connectivity index (χ1) is 10.1. The summed E-state index contributed by atoms with van der Waals surface area (Å²) >= 11 is 3.39. The van der Waals surface area contributed by atoms with Gasteiger partial charge in [-0.25, -0.2) is 0 Å². The molecule has 0 fully saturated rings. The molecule has 0 atom stereocenters. The van der Waals surface area contributed by atoms with Gasteiger partial charge in [-0.3, -0.25) is 4.79 Å². The first kappa shape index (κ1) is 15.4. The molecule has 0 N–H and O–H groups in total. The highest BCUT2D eigenvalue weighted by Gasteiger charge is 2.22. The van der Waals surface area contributed by atoms with E-state index in [4.69, 9.17) is 14.2 Å². The second-order valence-corrected chi connectivity index (χ2v) is 5.07. The molecule has 0 saturated heterocycles. The summed E-state index contributed by atoms with van der Waals surface area (Å²) in [5.74, 6) is 1.34. The van der Waals surface area contributed by atoms with Crippen LogP contribution in [0.25, 0.3) is 0 Å². The third kappa shape index (κ3) is 3.03. The average Bonchev–Trinajstić information content (AvgIpc) is 2.53. The minimum Gasteiger partial charge on any atom is -0.497 e. The first-order valence-electron chi connectivity index (χ1n) is 6.21. The third-order valence-electron chi connectivity index (χ3n) is 3.07. The van der Waals surface area contributed by atoms with E-state index < -0.39 is 0 Å². The molecule has 0 aromatic heterocycles. The zero-order chi connectivity index (χ0) is 15.4. The lowest BCUT2D eigenvalue weighted by atomic mass is 10.0. The molecule has 2 rings (SSSR count). The largest absolute Gasteiger partial charge is 0.497 e. The number of rotatable bonds is 5. The monoisotopic (exact) mass is 350 g/mol. The van der Waals surface area contributed by atoms with Crippen molar-refractivity contribution in [3.8, 4) is 17.2 Å². The van der Waals surface area contributed by atoms with Crippen molar-refractivity contribution < 1.29 is 19.0 Å². The fourth-order valence-electron chi connectivity index (χ4n) is 2.02. The lowest BCUT2D eigenvalue weighted by Gasteiger charge is -2.13. The van der Waals surface area contributed by atoms with Crippen LogP contribution in [0.2, 0.25) is 0 Å². The Kier molecular flexibility index (Phi) is 4.85. The molecule has 2 aromatic rings. The highest BCUT2D eigenvalue weighted by atomic mass is 79.9. The number of benzene rings is 2. The number of carbonyl (C=O) groups is 1. The third-order valence-corrected chi connectivity index (χ3v) is 3.76. The molecule has 0 saturated carbocycles. The van der Waals surface area contributed by atoms with Crippen molar-refractivity contribution in [1.29, 1.82) is 0 Å². The molecule has 21 heavy (non-hydrogen) atoms. The molecule has 0 heterocycles. The minimum absolute atomic E-state index is 0.199. The summed E-state index contributed by atoms with van der Waals surface area (Å²) < 4.78 is 16.4. The standard InChI is InChI=1S/C16H15BrO4/c1-19-10-7-8-12(17)11(9-10)16(18)15-13(20-2)5-4-6-14(15)21-3/h4-9H,1-3H3. The van der Waals surface area contributed by atoms with Gasteiger partial charge in [0.25, 0.3) is 0 Å². The molecule has 0 spiro atoms. The molecule has 5 heteroatoms. The Morgan fingerprint density at radius 3 is 2.10 bits per heavy atom. The maximum atomic E-state index is 12.8. The van der Waals surface area contributed by atoms with Crippen LogP contribution < -0.4 is 14.2 Å². The number of ketones is 1. The van der Waals surface area contributed by atoms with E-state index in [1.54, 1.807) is 43.5 Å². The molecule has 0 aliphatic carbocycles. The summed E-state index contributed by atoms with van der Waals surface area (Å²) in [6.07, 6.45) is 0. The van der Waals surface area contributed by atoms with Crippen LogP contribution in [0.1, 0.15) is 15.9 Å². The Morgan fingerprint density at radius 2 is 1.57 bits per heavy atom. The summed E-state index contributed by atoms with van der Waals surface area (Å²) in [7, 11) is 4.60. The van der Waals surface area contributed by atoms with Crippen molar-refractivity contribution in [3.05, 3.63) is 52.0 Å². The fraction of sp³-hybridized carbons (Fsp3) is 0.188. The fourth-order valence-corrected chi connectivity index (χ4v) is 2.44. The van der Waals surface area contributed by atoms with Crippen molar-refractivity contribution in [2.45, 2.75) is 0 Å². The van der Waals surface area contributed by atoms with Crippen LogP contribution >= 0.6 is 15.9 Å². The molecule has 4 nitrogen and oxygen atoms in total. The molecular formula is C16H15BrO4. The molecule has 2 aromatic carbocycles. The van der Waals surface area contributed by atoms with E-state index in [0.717, 1.165) is 0 Å². The van der Waals surface area contributed by atoms with E-state index >= 15 is 0 Å². The summed E-state index contributed by atoms with van der Waals surface area (Å²) in [6.45, 7) is 0. The first-order valence-corrected chi connectivity index (χ1v) is 7.01. The van der Waals surface area contributed by atoms with E-state index in [1.165, 1.54) is 14.2 Å². The van der Waals surface area contributed by atoms with E-state index in [2.05, 4.69) is 15.9 Å². The Hall–Kier alpha value is -2.01. The van der Waals surface area contributed by atoms with Crippen LogP contribution in [0.15, 0.2) is 40.9 Å². The van der Waals surface area contributed by atoms with Gasteiger partial charge in [0.15, 0.2) is 0 Å². The maximum Gasteiger partial charge on any atom is 0.201 e. The summed E-state index contributed by atoms with van der Waals surface area (Å²) in [4.78, 5) is 12.8. The highest BCUT2D eigenvalue weighted by Crippen LogP contribution is 2.33. The van der Waals surface area contributed by atoms with Crippen molar-refractivity contribution in [3.63, 3.8) is 0 Å². The van der Waals surface area contributed by atoms with Crippen LogP contribution in [0, 0.1) is 0 Å². The number of ether oxygens (including phenoxy) is 3. The highest BCUT2D eigenvalue weighted by molar-refractivity contribution is 9.10. The van der Waals surface area contributed by atoms with Crippen molar-refractivity contribution in [2.75, 3.05) is 21.3 Å². The maximum absolute atomic E-state index is 12.8. The summed E-state index contributed by atoms with van der Waals surface area (Å²) in [5, 5.41) is 0. The molecule has 110 valence electrons. The second kappa shape index (κ2) is 6.63. The van der Waals surface area contributed by atoms with Gasteiger partial charge in [0.2, 0.25) is 5.78 Å². The van der Waals surface area contributed by atoms with Crippen molar-refractivity contribution in [1.82, 2.24) is 0 Å². The molecule has 0 aliphatic rings. The summed E-state index contributed by atoms with van der Waals surface area (Å²) in [5.41, 5.74) is 0.869. The second-order valence-electron chi connectivity index (χ2n) is 4.21. The average molecular weight is 351 g/mol. The number of methoxy groups -OCH3 is 3. The zero-order valence-electron chi connectivity index (χ0n) is 12.0. The van der Waals surface area contributed by atoms with Crippen molar-refractivity contribution >= 4 is 21.7 Å². The predicted molar refractivity (Wildman–Crippen MR) is 83.7 cm³/mol. The van der Waals surface area contributed by atoms with Gasteiger partial charge in [0, 0.05) is 10.0 Å². The molecule has 0 bridgehead atoms. The topological polar surface area (TPSA) is 44.8 Å². The Bertz CT molecular complexity index is 645. The molecular weight excluding hydrogens is 336 g/mol. The van der Waals surface area contributed by atoms with Gasteiger partial charge in [-0.1, -0.05) is 22.0 Å².